The molecule has 4 aromatic rings. The molecule has 1 atom stereocenters. The van der Waals surface area contributed by atoms with Crippen LogP contribution >= 0.6 is 0 Å². The number of urea groups is 1. The highest BCUT2D eigenvalue weighted by Gasteiger charge is 2.23. The number of benzene rings is 2. The van der Waals surface area contributed by atoms with E-state index < -0.39 is 29.6 Å². The van der Waals surface area contributed by atoms with Crippen molar-refractivity contribution in [3.63, 3.8) is 0 Å². The minimum Gasteiger partial charge on any atom is -0.480 e. The number of nitrogens with one attached hydrogen (secondary N) is 2. The fraction of sp³-hybridized carbons (Fsp3) is 0.259. The summed E-state index contributed by atoms with van der Waals surface area (Å²) in [5.74, 6) is -2.27. The van der Waals surface area contributed by atoms with E-state index in [-0.39, 0.29) is 37.2 Å². The number of rotatable bonds is 9. The summed E-state index contributed by atoms with van der Waals surface area (Å²) in [5.41, 5.74) is 7.78. The van der Waals surface area contributed by atoms with Crippen molar-refractivity contribution in [2.75, 3.05) is 6.54 Å². The van der Waals surface area contributed by atoms with Gasteiger partial charge in [0.25, 0.3) is 0 Å². The Morgan fingerprint density at radius 3 is 2.45 bits per heavy atom. The third-order valence-electron chi connectivity index (χ3n) is 6.44. The number of halogens is 1. The molecule has 2 aromatic heterocycles. The Kier molecular flexibility index (Phi) is 7.47. The maximum Gasteiger partial charge on any atom is 0.340 e. The minimum atomic E-state index is -1.24. The van der Waals surface area contributed by atoms with E-state index in [2.05, 4.69) is 10.6 Å². The smallest absolute Gasteiger partial charge is 0.340 e. The third-order valence-corrected chi connectivity index (χ3v) is 6.44. The number of amides is 3. The number of primary amides is 1. The average Bonchev–Trinajstić information content (AvgIpc) is 3.29. The summed E-state index contributed by atoms with van der Waals surface area (Å²) in [7, 11) is 0. The molecule has 5 N–H and O–H groups in total. The lowest BCUT2D eigenvalue weighted by molar-refractivity contribution is -0.141. The zero-order chi connectivity index (χ0) is 27.6. The number of fused-ring (bicyclic) bond motifs is 2. The van der Waals surface area contributed by atoms with Crippen LogP contribution in [0.3, 0.4) is 0 Å². The van der Waals surface area contributed by atoms with Crippen molar-refractivity contribution < 1.29 is 32.7 Å². The highest BCUT2D eigenvalue weighted by molar-refractivity contribution is 6.05. The minimum absolute atomic E-state index is 0.0521. The lowest BCUT2D eigenvalue weighted by atomic mass is 9.97. The Hall–Kier alpha value is -4.67. The normalized spacial score (nSPS) is 12.0. The fourth-order valence-electron chi connectivity index (χ4n) is 4.43. The van der Waals surface area contributed by atoms with E-state index in [1.54, 1.807) is 38.3 Å². The van der Waals surface area contributed by atoms with E-state index in [4.69, 9.17) is 14.6 Å². The largest absolute Gasteiger partial charge is 0.480 e. The maximum atomic E-state index is 13.4. The number of carbonyl (C=O) groups is 3. The van der Waals surface area contributed by atoms with Gasteiger partial charge in [-0.2, -0.15) is 0 Å². The van der Waals surface area contributed by atoms with Crippen LogP contribution in [-0.2, 0) is 16.0 Å². The van der Waals surface area contributed by atoms with Gasteiger partial charge in [-0.15, -0.1) is 0 Å². The molecule has 10 nitrogen and oxygen atoms in total. The lowest BCUT2D eigenvalue weighted by Crippen LogP contribution is -2.42. The lowest BCUT2D eigenvalue weighted by Gasteiger charge is -2.15. The first-order valence-electron chi connectivity index (χ1n) is 11.8. The Labute approximate surface area is 215 Å². The summed E-state index contributed by atoms with van der Waals surface area (Å²) in [6.45, 7) is 3.60. The number of hydrogen-bond acceptors (Lipinski definition) is 6. The summed E-state index contributed by atoms with van der Waals surface area (Å²) in [6, 6.07) is 5.82. The molecule has 1 unspecified atom stereocenters. The molecule has 11 heteroatoms. The summed E-state index contributed by atoms with van der Waals surface area (Å²) in [5, 5.41) is 15.5. The fourth-order valence-corrected chi connectivity index (χ4v) is 4.43. The Balaban J connectivity index is 1.65. The molecule has 0 aliphatic rings. The van der Waals surface area contributed by atoms with E-state index in [0.29, 0.717) is 27.7 Å². The molecule has 0 aliphatic carbocycles. The van der Waals surface area contributed by atoms with Crippen LogP contribution < -0.4 is 22.0 Å². The van der Waals surface area contributed by atoms with E-state index >= 15 is 0 Å². The first kappa shape index (κ1) is 26.4. The van der Waals surface area contributed by atoms with Crippen LogP contribution in [0.4, 0.5) is 9.18 Å². The second-order valence-corrected chi connectivity index (χ2v) is 8.97. The van der Waals surface area contributed by atoms with Gasteiger partial charge in [0.05, 0.1) is 18.2 Å². The van der Waals surface area contributed by atoms with Gasteiger partial charge in [0.2, 0.25) is 5.91 Å². The molecular weight excluding hydrogens is 497 g/mol. The van der Waals surface area contributed by atoms with Crippen molar-refractivity contribution in [2.45, 2.75) is 39.2 Å². The summed E-state index contributed by atoms with van der Waals surface area (Å²) in [4.78, 5) is 47.9. The predicted octanol–water partition coefficient (Wildman–Crippen LogP) is 3.52. The zero-order valence-corrected chi connectivity index (χ0v) is 20.7. The number of carboxylic acid groups (broad SMARTS) is 1. The molecule has 3 amide bonds. The van der Waals surface area contributed by atoms with Crippen molar-refractivity contribution in [2.24, 2.45) is 5.73 Å². The van der Waals surface area contributed by atoms with Gasteiger partial charge >= 0.3 is 17.6 Å². The van der Waals surface area contributed by atoms with Gasteiger partial charge in [-0.1, -0.05) is 12.1 Å². The van der Waals surface area contributed by atoms with Gasteiger partial charge in [-0.05, 0) is 56.0 Å². The second-order valence-electron chi connectivity index (χ2n) is 8.97. The van der Waals surface area contributed by atoms with Crippen LogP contribution in [-0.4, -0.2) is 35.6 Å². The van der Waals surface area contributed by atoms with Gasteiger partial charge in [-0.3, -0.25) is 4.79 Å². The number of furan rings is 1. The molecule has 2 heterocycles. The van der Waals surface area contributed by atoms with Gasteiger partial charge < -0.3 is 30.3 Å². The summed E-state index contributed by atoms with van der Waals surface area (Å²) in [6.07, 6.45) is 1.49. The molecular formula is C27H26FN3O7. The van der Waals surface area contributed by atoms with Gasteiger partial charge in [0.1, 0.15) is 23.0 Å². The van der Waals surface area contributed by atoms with Crippen LogP contribution in [0.2, 0.25) is 0 Å². The van der Waals surface area contributed by atoms with Crippen LogP contribution in [0, 0.1) is 19.7 Å². The van der Waals surface area contributed by atoms with Gasteiger partial charge in [-0.25, -0.2) is 18.8 Å². The number of carbonyl (C=O) groups excluding carboxylic acids is 2. The Morgan fingerprint density at radius 1 is 1.08 bits per heavy atom. The predicted molar refractivity (Wildman–Crippen MR) is 137 cm³/mol. The molecule has 0 bridgehead atoms. The average molecular weight is 524 g/mol. The highest BCUT2D eigenvalue weighted by Crippen LogP contribution is 2.37. The van der Waals surface area contributed by atoms with Crippen molar-refractivity contribution in [3.05, 3.63) is 69.5 Å². The highest BCUT2D eigenvalue weighted by atomic mass is 19.1. The number of carboxylic acids is 1. The van der Waals surface area contributed by atoms with Gasteiger partial charge in [0.15, 0.2) is 0 Å². The Morgan fingerprint density at radius 2 is 1.79 bits per heavy atom. The molecule has 198 valence electrons. The number of nitrogens with two attached hydrogens (primary N) is 1. The molecule has 0 aliphatic heterocycles. The second kappa shape index (κ2) is 10.8. The molecule has 2 aromatic carbocycles. The van der Waals surface area contributed by atoms with E-state index in [0.717, 1.165) is 16.5 Å². The maximum absolute atomic E-state index is 13.4. The quantitative estimate of drug-likeness (QED) is 0.192. The molecule has 0 saturated carbocycles. The molecule has 0 radical (unpaired) electrons. The van der Waals surface area contributed by atoms with E-state index in [9.17, 15) is 28.7 Å². The first-order valence-corrected chi connectivity index (χ1v) is 11.8. The monoisotopic (exact) mass is 523 g/mol. The van der Waals surface area contributed by atoms with Gasteiger partial charge in [0, 0.05) is 28.4 Å². The SMILES string of the molecule is Cc1c(CC(=O)NC(CCCNC(N)=O)C(=O)O)c(=O)oc2c(C)c3occ(-c4ccc(F)cc4)c3cc12. The van der Waals surface area contributed by atoms with Crippen LogP contribution in [0.5, 0.6) is 0 Å². The van der Waals surface area contributed by atoms with Crippen LogP contribution in [0.15, 0.2) is 50.2 Å². The molecule has 4 rings (SSSR count). The summed E-state index contributed by atoms with van der Waals surface area (Å²) >= 11 is 0. The summed E-state index contributed by atoms with van der Waals surface area (Å²) < 4.78 is 24.8. The van der Waals surface area contributed by atoms with E-state index in [1.807, 2.05) is 0 Å². The van der Waals surface area contributed by atoms with Crippen molar-refractivity contribution in [1.82, 2.24) is 10.6 Å². The van der Waals surface area contributed by atoms with Crippen molar-refractivity contribution in [3.8, 4) is 11.1 Å². The van der Waals surface area contributed by atoms with Crippen LogP contribution in [0.25, 0.3) is 33.1 Å². The van der Waals surface area contributed by atoms with Crippen molar-refractivity contribution in [1.29, 1.82) is 0 Å². The Bertz CT molecular complexity index is 1610. The molecule has 38 heavy (non-hydrogen) atoms. The number of hydrogen-bond donors (Lipinski definition) is 4. The molecule has 0 spiro atoms. The first-order chi connectivity index (χ1) is 18.1. The van der Waals surface area contributed by atoms with E-state index in [1.165, 1.54) is 12.1 Å². The number of aliphatic carboxylic acids is 1. The zero-order valence-electron chi connectivity index (χ0n) is 20.7. The van der Waals surface area contributed by atoms with Crippen LogP contribution in [0.1, 0.15) is 29.5 Å². The number of aryl methyl sites for hydroxylation is 2. The molecule has 0 fully saturated rings. The van der Waals surface area contributed by atoms with Crippen molar-refractivity contribution >= 4 is 39.8 Å². The third kappa shape index (κ3) is 5.36. The topological polar surface area (TPSA) is 165 Å². The standard InChI is InChI=1S/C27H26FN3O7/c1-13-17-10-19-20(15-5-7-16(28)8-6-15)12-37-23(19)14(2)24(17)38-26(35)18(13)11-22(32)31-21(25(33)34)4-3-9-30-27(29)36/h5-8,10,12,21H,3-4,9,11H2,1-2H3,(H,31,32)(H,33,34)(H3,29,30,36). The molecule has 0 saturated heterocycles.